The summed E-state index contributed by atoms with van der Waals surface area (Å²) >= 11 is 0. The molecule has 1 aliphatic heterocycles. The van der Waals surface area contributed by atoms with Crippen LogP contribution < -0.4 is 0 Å². The summed E-state index contributed by atoms with van der Waals surface area (Å²) in [5.74, 6) is -0.973. The van der Waals surface area contributed by atoms with Crippen molar-refractivity contribution in [3.63, 3.8) is 0 Å². The Kier molecular flexibility index (Phi) is 2.59. The first-order chi connectivity index (χ1) is 7.58. The molecule has 0 saturated carbocycles. The van der Waals surface area contributed by atoms with E-state index in [4.69, 9.17) is 5.11 Å². The minimum absolute atomic E-state index is 0.100. The van der Waals surface area contributed by atoms with E-state index >= 15 is 0 Å². The van der Waals surface area contributed by atoms with Crippen molar-refractivity contribution in [3.05, 3.63) is 11.6 Å². The number of aromatic nitrogens is 3. The fourth-order valence-electron chi connectivity index (χ4n) is 1.73. The lowest BCUT2D eigenvalue weighted by atomic mass is 10.1. The van der Waals surface area contributed by atoms with Gasteiger partial charge in [0, 0.05) is 13.1 Å². The van der Waals surface area contributed by atoms with E-state index in [9.17, 15) is 9.59 Å². The second kappa shape index (κ2) is 3.92. The van der Waals surface area contributed by atoms with Crippen LogP contribution in [0.15, 0.2) is 0 Å². The normalized spacial score (nSPS) is 20.1. The van der Waals surface area contributed by atoms with E-state index in [1.807, 2.05) is 0 Å². The number of nitrogens with one attached hydrogen (secondary N) is 1. The largest absolute Gasteiger partial charge is 0.481 e. The second-order valence-corrected chi connectivity index (χ2v) is 3.82. The zero-order valence-corrected chi connectivity index (χ0v) is 8.80. The number of likely N-dealkylation sites (tertiary alicyclic amines) is 1. The minimum Gasteiger partial charge on any atom is -0.481 e. The fourth-order valence-corrected chi connectivity index (χ4v) is 1.73. The van der Waals surface area contributed by atoms with Crippen molar-refractivity contribution in [2.24, 2.45) is 5.92 Å². The van der Waals surface area contributed by atoms with Gasteiger partial charge in [-0.3, -0.25) is 14.7 Å². The Hall–Kier alpha value is -1.92. The molecule has 2 rings (SSSR count). The molecule has 86 valence electrons. The predicted octanol–water partition coefficient (Wildman–Crippen LogP) is -0.340. The predicted molar refractivity (Wildman–Crippen MR) is 52.8 cm³/mol. The summed E-state index contributed by atoms with van der Waals surface area (Å²) < 4.78 is 0. The molecule has 0 spiro atoms. The molecular weight excluding hydrogens is 212 g/mol. The lowest BCUT2D eigenvalue weighted by Gasteiger charge is -2.12. The zero-order chi connectivity index (χ0) is 11.7. The molecule has 1 amide bonds. The summed E-state index contributed by atoms with van der Waals surface area (Å²) in [4.78, 5) is 27.9. The second-order valence-electron chi connectivity index (χ2n) is 3.82. The Balaban J connectivity index is 2.05. The first-order valence-corrected chi connectivity index (χ1v) is 4.99. The fraction of sp³-hybridized carbons (Fsp3) is 0.556. The number of rotatable bonds is 2. The van der Waals surface area contributed by atoms with Gasteiger partial charge < -0.3 is 10.0 Å². The minimum atomic E-state index is -0.860. The highest BCUT2D eigenvalue weighted by Gasteiger charge is 2.32. The topological polar surface area (TPSA) is 99.2 Å². The molecule has 1 aromatic heterocycles. The van der Waals surface area contributed by atoms with Crippen LogP contribution in [0.2, 0.25) is 0 Å². The molecule has 1 aromatic rings. The number of carbonyl (C=O) groups is 2. The van der Waals surface area contributed by atoms with Crippen molar-refractivity contribution in [3.8, 4) is 0 Å². The molecule has 7 heteroatoms. The number of nitrogens with zero attached hydrogens (tertiary/aromatic N) is 3. The maximum Gasteiger partial charge on any atom is 0.308 e. The Labute approximate surface area is 91.5 Å². The summed E-state index contributed by atoms with van der Waals surface area (Å²) in [6.45, 7) is 2.39. The van der Waals surface area contributed by atoms with Gasteiger partial charge in [-0.2, -0.15) is 0 Å². The summed E-state index contributed by atoms with van der Waals surface area (Å²) in [7, 11) is 0. The van der Waals surface area contributed by atoms with Gasteiger partial charge in [0.1, 0.15) is 5.82 Å². The molecule has 16 heavy (non-hydrogen) atoms. The standard InChI is InChI=1S/C9H12N4O3/c1-5-10-7(12-11-5)8(14)13-3-2-6(4-13)9(15)16/h6H,2-4H2,1H3,(H,15,16)(H,10,11,12). The third-order valence-corrected chi connectivity index (χ3v) is 2.61. The van der Waals surface area contributed by atoms with Gasteiger partial charge in [-0.15, -0.1) is 5.10 Å². The van der Waals surface area contributed by atoms with Crippen LogP contribution in [-0.2, 0) is 4.79 Å². The van der Waals surface area contributed by atoms with E-state index < -0.39 is 11.9 Å². The average Bonchev–Trinajstić information content (AvgIpc) is 2.84. The van der Waals surface area contributed by atoms with Gasteiger partial charge >= 0.3 is 5.97 Å². The van der Waals surface area contributed by atoms with Crippen molar-refractivity contribution >= 4 is 11.9 Å². The first-order valence-electron chi connectivity index (χ1n) is 4.99. The number of aromatic amines is 1. The highest BCUT2D eigenvalue weighted by atomic mass is 16.4. The van der Waals surface area contributed by atoms with Crippen LogP contribution in [-0.4, -0.2) is 50.2 Å². The van der Waals surface area contributed by atoms with Crippen LogP contribution >= 0.6 is 0 Å². The third kappa shape index (κ3) is 1.88. The van der Waals surface area contributed by atoms with Crippen LogP contribution in [0.1, 0.15) is 22.9 Å². The van der Waals surface area contributed by atoms with Crippen molar-refractivity contribution in [1.29, 1.82) is 0 Å². The van der Waals surface area contributed by atoms with E-state index in [2.05, 4.69) is 15.2 Å². The van der Waals surface area contributed by atoms with E-state index in [-0.39, 0.29) is 18.3 Å². The third-order valence-electron chi connectivity index (χ3n) is 2.61. The lowest BCUT2D eigenvalue weighted by molar-refractivity contribution is -0.141. The molecule has 1 aliphatic rings. The van der Waals surface area contributed by atoms with E-state index in [1.54, 1.807) is 6.92 Å². The lowest BCUT2D eigenvalue weighted by Crippen LogP contribution is -2.30. The number of carbonyl (C=O) groups excluding carboxylic acids is 1. The molecule has 0 bridgehead atoms. The number of aliphatic carboxylic acids is 1. The molecule has 7 nitrogen and oxygen atoms in total. The van der Waals surface area contributed by atoms with Crippen LogP contribution in [0.3, 0.4) is 0 Å². The van der Waals surface area contributed by atoms with E-state index in [0.29, 0.717) is 18.8 Å². The average molecular weight is 224 g/mol. The quantitative estimate of drug-likeness (QED) is 0.716. The van der Waals surface area contributed by atoms with Crippen LogP contribution in [0.5, 0.6) is 0 Å². The van der Waals surface area contributed by atoms with Crippen LogP contribution in [0.25, 0.3) is 0 Å². The molecule has 1 saturated heterocycles. The molecule has 1 atom stereocenters. The molecule has 0 radical (unpaired) electrons. The summed E-state index contributed by atoms with van der Waals surface area (Å²) in [6, 6.07) is 0. The van der Waals surface area contributed by atoms with Gasteiger partial charge in [0.2, 0.25) is 5.82 Å². The van der Waals surface area contributed by atoms with Crippen molar-refractivity contribution < 1.29 is 14.7 Å². The van der Waals surface area contributed by atoms with E-state index in [1.165, 1.54) is 4.90 Å². The van der Waals surface area contributed by atoms with Gasteiger partial charge in [0.25, 0.3) is 5.91 Å². The van der Waals surface area contributed by atoms with Crippen LogP contribution in [0.4, 0.5) is 0 Å². The Morgan fingerprint density at radius 1 is 1.56 bits per heavy atom. The Bertz CT molecular complexity index is 428. The number of hydrogen-bond acceptors (Lipinski definition) is 4. The number of carboxylic acids is 1. The van der Waals surface area contributed by atoms with Crippen molar-refractivity contribution in [2.45, 2.75) is 13.3 Å². The number of carboxylic acid groups (broad SMARTS) is 1. The van der Waals surface area contributed by atoms with Crippen molar-refractivity contribution in [2.75, 3.05) is 13.1 Å². The maximum atomic E-state index is 11.8. The number of aryl methyl sites for hydroxylation is 1. The Morgan fingerprint density at radius 3 is 2.81 bits per heavy atom. The molecule has 1 fully saturated rings. The molecule has 0 aliphatic carbocycles. The molecule has 0 aromatic carbocycles. The summed E-state index contributed by atoms with van der Waals surface area (Å²) in [5, 5.41) is 15.1. The number of hydrogen-bond donors (Lipinski definition) is 2. The maximum absolute atomic E-state index is 11.8. The highest BCUT2D eigenvalue weighted by molar-refractivity contribution is 5.91. The van der Waals surface area contributed by atoms with E-state index in [0.717, 1.165) is 0 Å². The Morgan fingerprint density at radius 2 is 2.31 bits per heavy atom. The highest BCUT2D eigenvalue weighted by Crippen LogP contribution is 2.17. The number of amides is 1. The molecular formula is C9H12N4O3. The summed E-state index contributed by atoms with van der Waals surface area (Å²) in [5.41, 5.74) is 0. The monoisotopic (exact) mass is 224 g/mol. The van der Waals surface area contributed by atoms with Gasteiger partial charge in [0.05, 0.1) is 5.92 Å². The van der Waals surface area contributed by atoms with Gasteiger partial charge in [-0.1, -0.05) is 0 Å². The van der Waals surface area contributed by atoms with Gasteiger partial charge in [-0.05, 0) is 13.3 Å². The van der Waals surface area contributed by atoms with Crippen LogP contribution in [0, 0.1) is 12.8 Å². The molecule has 2 N–H and O–H groups in total. The van der Waals surface area contributed by atoms with Crippen molar-refractivity contribution in [1.82, 2.24) is 20.1 Å². The van der Waals surface area contributed by atoms with Gasteiger partial charge in [0.15, 0.2) is 0 Å². The summed E-state index contributed by atoms with van der Waals surface area (Å²) in [6.07, 6.45) is 0.491. The smallest absolute Gasteiger partial charge is 0.308 e. The van der Waals surface area contributed by atoms with Gasteiger partial charge in [-0.25, -0.2) is 4.98 Å². The SMILES string of the molecule is Cc1nc(C(=O)N2CCC(C(=O)O)C2)n[nH]1. The number of H-pyrrole nitrogens is 1. The molecule has 1 unspecified atom stereocenters. The zero-order valence-electron chi connectivity index (χ0n) is 8.80. The molecule has 2 heterocycles. The first kappa shape index (κ1) is 10.6.